The molecule has 3 heterocycles. The summed E-state index contributed by atoms with van der Waals surface area (Å²) in [4.78, 5) is 40.4. The van der Waals surface area contributed by atoms with Crippen molar-refractivity contribution >= 4 is 33.6 Å². The summed E-state index contributed by atoms with van der Waals surface area (Å²) in [5.41, 5.74) is 1.55. The van der Waals surface area contributed by atoms with E-state index in [0.29, 0.717) is 22.3 Å². The summed E-state index contributed by atoms with van der Waals surface area (Å²) < 4.78 is 8.09. The van der Waals surface area contributed by atoms with E-state index in [1.807, 2.05) is 6.92 Å². The average molecular weight is 379 g/mol. The molecule has 0 fully saturated rings. The summed E-state index contributed by atoms with van der Waals surface area (Å²) in [6, 6.07) is 6.55. The number of aromatic nitrogens is 4. The van der Waals surface area contributed by atoms with Gasteiger partial charge in [0.15, 0.2) is 5.65 Å². The number of aryl methyl sites for hydroxylation is 3. The molecule has 3 aromatic heterocycles. The minimum Gasteiger partial charge on any atom is -0.423 e. The zero-order chi connectivity index (χ0) is 19.8. The van der Waals surface area contributed by atoms with Gasteiger partial charge < -0.3 is 9.73 Å². The van der Waals surface area contributed by atoms with Crippen molar-refractivity contribution in [2.45, 2.75) is 19.9 Å². The quantitative estimate of drug-likeness (QED) is 0.539. The maximum atomic E-state index is 12.4. The number of hydrogen-bond acceptors (Lipinski definition) is 6. The highest BCUT2D eigenvalue weighted by molar-refractivity contribution is 5.93. The van der Waals surface area contributed by atoms with Crippen LogP contribution in [0.15, 0.2) is 50.8 Å². The van der Waals surface area contributed by atoms with E-state index in [2.05, 4.69) is 15.4 Å². The van der Waals surface area contributed by atoms with Crippen molar-refractivity contribution in [3.63, 3.8) is 0 Å². The van der Waals surface area contributed by atoms with Gasteiger partial charge in [-0.3, -0.25) is 18.8 Å². The molecule has 9 heteroatoms. The molecule has 4 rings (SSSR count). The molecule has 0 aliphatic carbocycles. The molecule has 0 bridgehead atoms. The van der Waals surface area contributed by atoms with Crippen molar-refractivity contribution in [2.24, 2.45) is 7.05 Å². The van der Waals surface area contributed by atoms with Gasteiger partial charge >= 0.3 is 5.63 Å². The molecule has 28 heavy (non-hydrogen) atoms. The van der Waals surface area contributed by atoms with Crippen LogP contribution in [0.1, 0.15) is 12.0 Å². The third kappa shape index (κ3) is 3.18. The van der Waals surface area contributed by atoms with Gasteiger partial charge in [0, 0.05) is 43.2 Å². The molecule has 0 atom stereocenters. The third-order valence-corrected chi connectivity index (χ3v) is 4.53. The lowest BCUT2D eigenvalue weighted by Gasteiger charge is -2.08. The minimum absolute atomic E-state index is 0.0865. The Balaban J connectivity index is 1.49. The van der Waals surface area contributed by atoms with Gasteiger partial charge in [0.05, 0.1) is 12.5 Å². The second kappa shape index (κ2) is 6.76. The summed E-state index contributed by atoms with van der Waals surface area (Å²) in [6.07, 6.45) is 2.96. The Kier molecular flexibility index (Phi) is 4.26. The van der Waals surface area contributed by atoms with Gasteiger partial charge in [-0.2, -0.15) is 5.10 Å². The summed E-state index contributed by atoms with van der Waals surface area (Å²) in [5.74, 6) is -0.271. The maximum Gasteiger partial charge on any atom is 0.336 e. The number of rotatable bonds is 4. The standard InChI is InChI=1S/C19H17N5O4/c1-11-7-17(26)28-15-8-12(3-4-13(11)15)22-16(25)5-6-24-10-20-18-14(19(24)27)9-21-23(18)2/h3-4,7-10H,5-6H2,1-2H3,(H,22,25). The van der Waals surface area contributed by atoms with Crippen LogP contribution in [0.5, 0.6) is 0 Å². The lowest BCUT2D eigenvalue weighted by Crippen LogP contribution is -2.23. The Morgan fingerprint density at radius 2 is 2.04 bits per heavy atom. The van der Waals surface area contributed by atoms with Gasteiger partial charge in [0.25, 0.3) is 5.56 Å². The second-order valence-electron chi connectivity index (χ2n) is 6.51. The van der Waals surface area contributed by atoms with Crippen LogP contribution in [0.25, 0.3) is 22.0 Å². The molecule has 142 valence electrons. The molecule has 0 aliphatic rings. The Morgan fingerprint density at radius 3 is 2.86 bits per heavy atom. The molecule has 0 saturated heterocycles. The van der Waals surface area contributed by atoms with Crippen LogP contribution < -0.4 is 16.5 Å². The molecule has 9 nitrogen and oxygen atoms in total. The highest BCUT2D eigenvalue weighted by Gasteiger charge is 2.10. The molecule has 0 unspecified atom stereocenters. The van der Waals surface area contributed by atoms with E-state index in [4.69, 9.17) is 4.42 Å². The summed E-state index contributed by atoms with van der Waals surface area (Å²) in [7, 11) is 1.71. The molecule has 1 amide bonds. The smallest absolute Gasteiger partial charge is 0.336 e. The number of hydrogen-bond donors (Lipinski definition) is 1. The summed E-state index contributed by atoms with van der Waals surface area (Å²) >= 11 is 0. The summed E-state index contributed by atoms with van der Waals surface area (Å²) in [5, 5.41) is 7.98. The van der Waals surface area contributed by atoms with Crippen molar-refractivity contribution in [2.75, 3.05) is 5.32 Å². The Bertz CT molecular complexity index is 1330. The van der Waals surface area contributed by atoms with E-state index in [1.165, 1.54) is 27.8 Å². The number of anilines is 1. The van der Waals surface area contributed by atoms with Crippen LogP contribution in [0, 0.1) is 6.92 Å². The normalized spacial score (nSPS) is 11.2. The number of carbonyl (C=O) groups is 1. The molecule has 4 aromatic rings. The van der Waals surface area contributed by atoms with Crippen molar-refractivity contribution in [3.05, 3.63) is 63.1 Å². The maximum absolute atomic E-state index is 12.4. The van der Waals surface area contributed by atoms with Crippen LogP contribution in [0.3, 0.4) is 0 Å². The number of benzene rings is 1. The topological polar surface area (TPSA) is 112 Å². The van der Waals surface area contributed by atoms with Crippen LogP contribution in [-0.4, -0.2) is 25.2 Å². The third-order valence-electron chi connectivity index (χ3n) is 4.53. The molecule has 1 N–H and O–H groups in total. The second-order valence-corrected chi connectivity index (χ2v) is 6.51. The molecular formula is C19H17N5O4. The molecule has 0 aliphatic heterocycles. The van der Waals surface area contributed by atoms with Crippen LogP contribution in [-0.2, 0) is 18.4 Å². The van der Waals surface area contributed by atoms with E-state index in [-0.39, 0.29) is 24.4 Å². The lowest BCUT2D eigenvalue weighted by atomic mass is 10.1. The average Bonchev–Trinajstić information content (AvgIpc) is 3.02. The number of nitrogens with one attached hydrogen (secondary N) is 1. The number of amides is 1. The fourth-order valence-electron chi connectivity index (χ4n) is 3.07. The minimum atomic E-state index is -0.439. The highest BCUT2D eigenvalue weighted by atomic mass is 16.4. The first-order chi connectivity index (χ1) is 13.4. The van der Waals surface area contributed by atoms with Gasteiger partial charge in [0.2, 0.25) is 5.91 Å². The molecule has 0 spiro atoms. The van der Waals surface area contributed by atoms with E-state index in [9.17, 15) is 14.4 Å². The van der Waals surface area contributed by atoms with Gasteiger partial charge in [0.1, 0.15) is 11.0 Å². The zero-order valence-corrected chi connectivity index (χ0v) is 15.3. The predicted octanol–water partition coefficient (Wildman–Crippen LogP) is 1.57. The monoisotopic (exact) mass is 379 g/mol. The fraction of sp³-hybridized carbons (Fsp3) is 0.211. The van der Waals surface area contributed by atoms with E-state index < -0.39 is 5.63 Å². The Morgan fingerprint density at radius 1 is 1.21 bits per heavy atom. The number of carbonyl (C=O) groups excluding carboxylic acids is 1. The van der Waals surface area contributed by atoms with Crippen molar-refractivity contribution in [1.29, 1.82) is 0 Å². The first-order valence-electron chi connectivity index (χ1n) is 8.64. The number of fused-ring (bicyclic) bond motifs is 2. The van der Waals surface area contributed by atoms with E-state index in [0.717, 1.165) is 10.9 Å². The first kappa shape index (κ1) is 17.7. The fourth-order valence-corrected chi connectivity index (χ4v) is 3.07. The Hall–Kier alpha value is -3.75. The Labute approximate surface area is 158 Å². The van der Waals surface area contributed by atoms with Gasteiger partial charge in [-0.1, -0.05) is 0 Å². The lowest BCUT2D eigenvalue weighted by molar-refractivity contribution is -0.116. The zero-order valence-electron chi connectivity index (χ0n) is 15.3. The SMILES string of the molecule is Cc1cc(=O)oc2cc(NC(=O)CCn3cnc4c(cnn4C)c3=O)ccc12. The van der Waals surface area contributed by atoms with Crippen molar-refractivity contribution < 1.29 is 9.21 Å². The largest absolute Gasteiger partial charge is 0.423 e. The number of nitrogens with zero attached hydrogens (tertiary/aromatic N) is 4. The van der Waals surface area contributed by atoms with Gasteiger partial charge in [-0.05, 0) is 24.6 Å². The summed E-state index contributed by atoms with van der Waals surface area (Å²) in [6.45, 7) is 2.01. The van der Waals surface area contributed by atoms with E-state index >= 15 is 0 Å². The molecule has 0 saturated carbocycles. The van der Waals surface area contributed by atoms with Gasteiger partial charge in [-0.15, -0.1) is 0 Å². The molecule has 0 radical (unpaired) electrons. The predicted molar refractivity (Wildman–Crippen MR) is 103 cm³/mol. The van der Waals surface area contributed by atoms with E-state index in [1.54, 1.807) is 25.2 Å². The van der Waals surface area contributed by atoms with Crippen molar-refractivity contribution in [3.8, 4) is 0 Å². The highest BCUT2D eigenvalue weighted by Crippen LogP contribution is 2.20. The van der Waals surface area contributed by atoms with Crippen molar-refractivity contribution in [1.82, 2.24) is 19.3 Å². The van der Waals surface area contributed by atoms with Gasteiger partial charge in [-0.25, -0.2) is 9.78 Å². The van der Waals surface area contributed by atoms with Crippen LogP contribution in [0.2, 0.25) is 0 Å². The van der Waals surface area contributed by atoms with Crippen LogP contribution in [0.4, 0.5) is 5.69 Å². The van der Waals surface area contributed by atoms with Crippen LogP contribution >= 0.6 is 0 Å². The molecular weight excluding hydrogens is 362 g/mol. The first-order valence-corrected chi connectivity index (χ1v) is 8.64. The molecule has 1 aromatic carbocycles.